The summed E-state index contributed by atoms with van der Waals surface area (Å²) in [7, 11) is 0. The quantitative estimate of drug-likeness (QED) is 0.649. The van der Waals surface area contributed by atoms with Crippen LogP contribution in [0.25, 0.3) is 0 Å². The fourth-order valence-electron chi connectivity index (χ4n) is 4.20. The Kier molecular flexibility index (Phi) is 4.63. The third-order valence-corrected chi connectivity index (χ3v) is 6.44. The Labute approximate surface area is 159 Å². The number of hydrogen-bond acceptors (Lipinski definition) is 2. The van der Waals surface area contributed by atoms with Crippen molar-refractivity contribution in [2.75, 3.05) is 0 Å². The van der Waals surface area contributed by atoms with Gasteiger partial charge < -0.3 is 5.32 Å². The van der Waals surface area contributed by atoms with Gasteiger partial charge in [-0.25, -0.2) is 0 Å². The number of benzene rings is 2. The van der Waals surface area contributed by atoms with Gasteiger partial charge in [0, 0.05) is 32.9 Å². The summed E-state index contributed by atoms with van der Waals surface area (Å²) >= 11 is 7.00. The molecule has 1 saturated heterocycles. The van der Waals surface area contributed by atoms with Gasteiger partial charge in [-0.3, -0.25) is 4.79 Å². The molecular formula is C20H19Br2NO. The molecular weight excluding hydrogens is 430 g/mol. The number of ketones is 1. The largest absolute Gasteiger partial charge is 0.302 e. The Hall–Kier alpha value is -0.970. The fraction of sp³-hybridized carbons (Fsp3) is 0.350. The van der Waals surface area contributed by atoms with E-state index in [1.165, 1.54) is 11.1 Å². The van der Waals surface area contributed by atoms with Gasteiger partial charge in [-0.05, 0) is 48.2 Å². The molecule has 0 aromatic heterocycles. The lowest BCUT2D eigenvalue weighted by molar-refractivity contribution is -0.135. The topological polar surface area (TPSA) is 29.1 Å². The smallest absolute Gasteiger partial charge is 0.142 e. The predicted octanol–water partition coefficient (Wildman–Crippen LogP) is 5.58. The summed E-state index contributed by atoms with van der Waals surface area (Å²) in [4.78, 5) is 13.1. The second-order valence-corrected chi connectivity index (χ2v) is 8.60. The van der Waals surface area contributed by atoms with Crippen LogP contribution in [0.2, 0.25) is 0 Å². The SMILES string of the molecule is O=C1[C@@H]2CCC[C@@H]1[C@H](c1ccc(Br)cc1)N[C@@H]2c1ccc(Br)cc1. The summed E-state index contributed by atoms with van der Waals surface area (Å²) in [6.07, 6.45) is 3.13. The van der Waals surface area contributed by atoms with Gasteiger partial charge in [0.25, 0.3) is 0 Å². The first-order valence-corrected chi connectivity index (χ1v) is 10.0. The molecule has 2 aromatic carbocycles. The second-order valence-electron chi connectivity index (χ2n) is 6.77. The molecule has 1 aliphatic carbocycles. The zero-order chi connectivity index (χ0) is 16.7. The number of Topliss-reactive ketones (excluding diaryl/α,β-unsaturated/α-hetero) is 1. The van der Waals surface area contributed by atoms with Crippen LogP contribution < -0.4 is 5.32 Å². The minimum absolute atomic E-state index is 0.107. The molecule has 0 radical (unpaired) electrons. The monoisotopic (exact) mass is 447 g/mol. The predicted molar refractivity (Wildman–Crippen MR) is 103 cm³/mol. The van der Waals surface area contributed by atoms with E-state index in [4.69, 9.17) is 0 Å². The van der Waals surface area contributed by atoms with Crippen molar-refractivity contribution in [1.29, 1.82) is 0 Å². The maximum atomic E-state index is 13.1. The van der Waals surface area contributed by atoms with Crippen molar-refractivity contribution in [3.63, 3.8) is 0 Å². The highest BCUT2D eigenvalue weighted by Gasteiger charge is 2.46. The molecule has 4 heteroatoms. The molecule has 124 valence electrons. The minimum Gasteiger partial charge on any atom is -0.302 e. The van der Waals surface area contributed by atoms with Crippen LogP contribution >= 0.6 is 31.9 Å². The van der Waals surface area contributed by atoms with Crippen LogP contribution in [-0.2, 0) is 4.79 Å². The van der Waals surface area contributed by atoms with Gasteiger partial charge in [0.1, 0.15) is 5.78 Å². The number of carbonyl (C=O) groups excluding carboxylic acids is 1. The summed E-state index contributed by atoms with van der Waals surface area (Å²) in [5.74, 6) is 0.661. The van der Waals surface area contributed by atoms with Gasteiger partial charge in [-0.1, -0.05) is 62.5 Å². The van der Waals surface area contributed by atoms with E-state index in [1.807, 2.05) is 0 Å². The summed E-state index contributed by atoms with van der Waals surface area (Å²) < 4.78 is 2.14. The Morgan fingerprint density at radius 3 is 1.58 bits per heavy atom. The van der Waals surface area contributed by atoms with Crippen molar-refractivity contribution in [3.05, 3.63) is 68.6 Å². The van der Waals surface area contributed by atoms with Crippen LogP contribution in [0, 0.1) is 11.8 Å². The molecule has 4 atom stereocenters. The maximum absolute atomic E-state index is 13.1. The molecule has 4 rings (SSSR count). The van der Waals surface area contributed by atoms with Gasteiger partial charge in [0.15, 0.2) is 0 Å². The van der Waals surface area contributed by atoms with Gasteiger partial charge in [0.05, 0.1) is 0 Å². The lowest BCUT2D eigenvalue weighted by Gasteiger charge is -2.45. The van der Waals surface area contributed by atoms with Crippen molar-refractivity contribution in [2.45, 2.75) is 31.3 Å². The van der Waals surface area contributed by atoms with E-state index < -0.39 is 0 Å². The van der Waals surface area contributed by atoms with Gasteiger partial charge in [-0.2, -0.15) is 0 Å². The van der Waals surface area contributed by atoms with E-state index in [1.54, 1.807) is 0 Å². The highest BCUT2D eigenvalue weighted by Crippen LogP contribution is 2.45. The number of piperidine rings is 1. The first-order valence-electron chi connectivity index (χ1n) is 8.44. The standard InChI is InChI=1S/C20H19Br2NO/c21-14-8-4-12(5-9-14)18-16-2-1-3-17(20(16)24)19(23-18)13-6-10-15(22)11-7-13/h4-11,16-19,23H,1-3H2/t16-,17-,18-,19+/m1/s1. The van der Waals surface area contributed by atoms with Gasteiger partial charge >= 0.3 is 0 Å². The van der Waals surface area contributed by atoms with Crippen LogP contribution in [0.15, 0.2) is 57.5 Å². The molecule has 0 spiro atoms. The Balaban J connectivity index is 1.71. The fourth-order valence-corrected chi connectivity index (χ4v) is 4.73. The zero-order valence-corrected chi connectivity index (χ0v) is 16.4. The van der Waals surface area contributed by atoms with E-state index in [9.17, 15) is 4.79 Å². The van der Waals surface area contributed by atoms with Crippen LogP contribution in [0.4, 0.5) is 0 Å². The molecule has 1 N–H and O–H groups in total. The number of halogens is 2. The van der Waals surface area contributed by atoms with Crippen LogP contribution in [-0.4, -0.2) is 5.78 Å². The first kappa shape index (κ1) is 16.5. The van der Waals surface area contributed by atoms with Gasteiger partial charge in [0.2, 0.25) is 0 Å². The lowest BCUT2D eigenvalue weighted by atomic mass is 9.67. The van der Waals surface area contributed by atoms with Crippen molar-refractivity contribution >= 4 is 37.6 Å². The molecule has 2 bridgehead atoms. The third kappa shape index (κ3) is 3.00. The van der Waals surface area contributed by atoms with Crippen molar-refractivity contribution in [2.24, 2.45) is 11.8 Å². The number of nitrogens with one attached hydrogen (secondary N) is 1. The average molecular weight is 449 g/mol. The number of hydrogen-bond donors (Lipinski definition) is 1. The molecule has 2 fully saturated rings. The molecule has 0 amide bonds. The van der Waals surface area contributed by atoms with E-state index in [0.717, 1.165) is 28.2 Å². The number of fused-ring (bicyclic) bond motifs is 2. The normalized spacial score (nSPS) is 29.5. The number of carbonyl (C=O) groups is 1. The molecule has 1 aliphatic heterocycles. The summed E-state index contributed by atoms with van der Waals surface area (Å²) in [6.45, 7) is 0. The summed E-state index contributed by atoms with van der Waals surface area (Å²) in [5.41, 5.74) is 2.41. The molecule has 1 saturated carbocycles. The molecule has 1 heterocycles. The van der Waals surface area contributed by atoms with Crippen LogP contribution in [0.1, 0.15) is 42.5 Å². The maximum Gasteiger partial charge on any atom is 0.142 e. The average Bonchev–Trinajstić information content (AvgIpc) is 2.57. The Bertz CT molecular complexity index is 680. The van der Waals surface area contributed by atoms with Crippen LogP contribution in [0.5, 0.6) is 0 Å². The molecule has 2 aromatic rings. The van der Waals surface area contributed by atoms with Crippen molar-refractivity contribution in [1.82, 2.24) is 5.32 Å². The number of rotatable bonds is 2. The highest BCUT2D eigenvalue weighted by atomic mass is 79.9. The highest BCUT2D eigenvalue weighted by molar-refractivity contribution is 9.10. The summed E-state index contributed by atoms with van der Waals surface area (Å²) in [5, 5.41) is 3.81. The van der Waals surface area contributed by atoms with E-state index in [0.29, 0.717) is 5.78 Å². The molecule has 2 nitrogen and oxygen atoms in total. The van der Waals surface area contributed by atoms with Crippen LogP contribution in [0.3, 0.4) is 0 Å². The van der Waals surface area contributed by atoms with Crippen molar-refractivity contribution < 1.29 is 4.79 Å². The summed E-state index contributed by atoms with van der Waals surface area (Å²) in [6, 6.07) is 17.0. The lowest BCUT2D eigenvalue weighted by Crippen LogP contribution is -2.50. The molecule has 2 aliphatic rings. The van der Waals surface area contributed by atoms with E-state index in [2.05, 4.69) is 85.7 Å². The van der Waals surface area contributed by atoms with E-state index in [-0.39, 0.29) is 23.9 Å². The minimum atomic E-state index is 0.107. The Morgan fingerprint density at radius 2 is 1.17 bits per heavy atom. The Morgan fingerprint density at radius 1 is 0.750 bits per heavy atom. The second kappa shape index (κ2) is 6.74. The van der Waals surface area contributed by atoms with E-state index >= 15 is 0 Å². The molecule has 0 unspecified atom stereocenters. The third-order valence-electron chi connectivity index (χ3n) is 5.38. The van der Waals surface area contributed by atoms with Gasteiger partial charge in [-0.15, -0.1) is 0 Å². The molecule has 24 heavy (non-hydrogen) atoms. The zero-order valence-electron chi connectivity index (χ0n) is 13.2. The van der Waals surface area contributed by atoms with Crippen molar-refractivity contribution in [3.8, 4) is 0 Å². The first-order chi connectivity index (χ1) is 11.6.